The van der Waals surface area contributed by atoms with Gasteiger partial charge in [0.2, 0.25) is 0 Å². The number of nitrogens with zero attached hydrogens (tertiary/aromatic N) is 4. The molecule has 0 radical (unpaired) electrons. The summed E-state index contributed by atoms with van der Waals surface area (Å²) in [6, 6.07) is 8.78. The summed E-state index contributed by atoms with van der Waals surface area (Å²) in [7, 11) is -5.42. The smallest absolute Gasteiger partial charge is 0.790 e. The first-order valence-corrected chi connectivity index (χ1v) is 17.4. The van der Waals surface area contributed by atoms with Crippen LogP contribution >= 0.6 is 19.6 Å². The molecule has 20 heteroatoms. The van der Waals surface area contributed by atoms with Crippen molar-refractivity contribution in [3.05, 3.63) is 125 Å². The Morgan fingerprint density at radius 1 is 1.15 bits per heavy atom. The summed E-state index contributed by atoms with van der Waals surface area (Å²) in [5, 5.41) is 11.8. The number of allylic oxidation sites excluding steroid dienone is 2. The molecule has 13 nitrogen and oxygen atoms in total. The van der Waals surface area contributed by atoms with E-state index in [0.29, 0.717) is 6.07 Å². The molecule has 5 rings (SSSR count). The minimum Gasteiger partial charge on any atom is -0.790 e. The van der Waals surface area contributed by atoms with Gasteiger partial charge in [-0.1, -0.05) is 24.3 Å². The second-order valence-corrected chi connectivity index (χ2v) is 13.9. The van der Waals surface area contributed by atoms with E-state index < -0.39 is 55.0 Å². The number of aromatic nitrogens is 3. The minimum absolute atomic E-state index is 0. The molecule has 0 amide bonds. The van der Waals surface area contributed by atoms with Gasteiger partial charge in [-0.15, -0.1) is 11.8 Å². The number of hydrogen-bond donors (Lipinski definition) is 0. The van der Waals surface area contributed by atoms with Crippen LogP contribution in [0.1, 0.15) is 39.5 Å². The number of rotatable bonds is 14. The third kappa shape index (κ3) is 12.2. The van der Waals surface area contributed by atoms with Crippen molar-refractivity contribution in [1.82, 2.24) is 14.8 Å². The summed E-state index contributed by atoms with van der Waals surface area (Å²) < 4.78 is 83.5. The topological polar surface area (TPSA) is 185 Å². The van der Waals surface area contributed by atoms with Crippen LogP contribution in [0.5, 0.6) is 0 Å². The number of phosphoric ester groups is 1. The van der Waals surface area contributed by atoms with Gasteiger partial charge >= 0.3 is 65.1 Å². The maximum Gasteiger partial charge on any atom is 1.00 e. The van der Waals surface area contributed by atoms with Crippen molar-refractivity contribution in [2.45, 2.75) is 42.5 Å². The molecule has 1 aliphatic heterocycles. The number of halogens is 3. The zero-order valence-corrected chi connectivity index (χ0v) is 34.3. The second-order valence-electron chi connectivity index (χ2n) is 11.1. The van der Waals surface area contributed by atoms with E-state index in [1.807, 2.05) is 6.07 Å². The van der Waals surface area contributed by atoms with E-state index in [4.69, 9.17) is 23.9 Å². The fourth-order valence-corrected chi connectivity index (χ4v) is 6.77. The summed E-state index contributed by atoms with van der Waals surface area (Å²) in [6.07, 6.45) is 10.0. The van der Waals surface area contributed by atoms with Crippen LogP contribution in [-0.2, 0) is 42.1 Å². The van der Waals surface area contributed by atoms with Crippen molar-refractivity contribution in [3.63, 3.8) is 0 Å². The first kappa shape index (κ1) is 44.9. The molecular formula is C33H28F3N4Na2O9PS. The maximum absolute atomic E-state index is 15.7. The molecule has 3 heterocycles. The van der Waals surface area contributed by atoms with Gasteiger partial charge in [-0.05, 0) is 37.3 Å². The van der Waals surface area contributed by atoms with Crippen molar-refractivity contribution in [2.24, 2.45) is 0 Å². The summed E-state index contributed by atoms with van der Waals surface area (Å²) in [6.45, 7) is 0.809. The Labute approximate surface area is 350 Å². The fraction of sp³-hybridized carbons (Fsp3) is 0.273. The van der Waals surface area contributed by atoms with Crippen molar-refractivity contribution >= 4 is 31.6 Å². The van der Waals surface area contributed by atoms with Crippen molar-refractivity contribution < 1.29 is 115 Å². The van der Waals surface area contributed by atoms with Crippen molar-refractivity contribution in [1.29, 1.82) is 5.26 Å². The van der Waals surface area contributed by atoms with Gasteiger partial charge in [0.1, 0.15) is 41.9 Å². The van der Waals surface area contributed by atoms with E-state index in [0.717, 1.165) is 30.7 Å². The van der Waals surface area contributed by atoms with Crippen LogP contribution in [-0.4, -0.2) is 50.7 Å². The number of hydrogen-bond acceptors (Lipinski definition) is 13. The van der Waals surface area contributed by atoms with E-state index in [9.17, 15) is 27.9 Å². The summed E-state index contributed by atoms with van der Waals surface area (Å²) in [4.78, 5) is 39.8. The minimum atomic E-state index is -5.42. The van der Waals surface area contributed by atoms with Gasteiger partial charge in [-0.2, -0.15) is 10.4 Å². The number of carbonyl (C=O) groups excluding carboxylic acids is 1. The number of nitriles is 1. The van der Waals surface area contributed by atoms with Crippen LogP contribution in [0, 0.1) is 28.8 Å². The number of phosphoric acid groups is 1. The number of furan rings is 1. The Balaban J connectivity index is 0.00000378. The Kier molecular flexibility index (Phi) is 17.3. The largest absolute Gasteiger partial charge is 1.00 e. The first-order chi connectivity index (χ1) is 24.4. The molecule has 1 fully saturated rings. The zero-order chi connectivity index (χ0) is 36.6. The number of thioether (sulfide) groups is 1. The molecule has 4 aromatic rings. The van der Waals surface area contributed by atoms with E-state index in [-0.39, 0.29) is 112 Å². The predicted octanol–water partition coefficient (Wildman–Crippen LogP) is -1.60. The van der Waals surface area contributed by atoms with Gasteiger partial charge < -0.3 is 37.5 Å². The van der Waals surface area contributed by atoms with Gasteiger partial charge in [-0.3, -0.25) is 0 Å². The van der Waals surface area contributed by atoms with Gasteiger partial charge in [0, 0.05) is 28.0 Å². The van der Waals surface area contributed by atoms with Crippen LogP contribution in [0.15, 0.2) is 84.2 Å². The zero-order valence-electron chi connectivity index (χ0n) is 28.6. The van der Waals surface area contributed by atoms with Gasteiger partial charge in [0.25, 0.3) is 0 Å². The standard InChI is InChI=1S/C33H30F3N4O9PS.2Na/c1-21(51-26-15-46-31(47-16-26)5-3-2-4-23-7-6-22(12-37)10-29(23)35)33(18-40-20-38-19-39-40,28-9-8-25(34)11-30(28)36)49-32(41)27-17-45-13-24(27)14-48-50(42,43)44;;/h2-11,13,17,19-21,26,31H,14-16,18H2,1H3,(H2,42,43,44);;/q;2*+1/p-2/b4-2+,5-3+;;/t21-,26?,31?,33-;;/m1../s1. The normalized spacial score (nSPS) is 17.8. The summed E-state index contributed by atoms with van der Waals surface area (Å²) >= 11 is 1.23. The number of carbonyl (C=O) groups is 1. The molecule has 0 saturated carbocycles. The predicted molar refractivity (Wildman–Crippen MR) is 170 cm³/mol. The molecule has 0 spiro atoms. The molecule has 0 aliphatic carbocycles. The molecule has 2 aromatic carbocycles. The molecule has 1 saturated heterocycles. The van der Waals surface area contributed by atoms with Crippen LogP contribution in [0.2, 0.25) is 0 Å². The molecule has 2 atom stereocenters. The average molecular weight is 791 g/mol. The molecule has 268 valence electrons. The van der Waals surface area contributed by atoms with Gasteiger partial charge in [0.05, 0.1) is 57.3 Å². The molecular weight excluding hydrogens is 762 g/mol. The Morgan fingerprint density at radius 3 is 2.55 bits per heavy atom. The van der Waals surface area contributed by atoms with Crippen molar-refractivity contribution in [2.75, 3.05) is 13.2 Å². The van der Waals surface area contributed by atoms with E-state index in [1.54, 1.807) is 25.2 Å². The van der Waals surface area contributed by atoms with Gasteiger partial charge in [0.15, 0.2) is 11.9 Å². The van der Waals surface area contributed by atoms with E-state index in [2.05, 4.69) is 14.6 Å². The SMILES string of the molecule is C[C@@H](SC1COC(/C=C/C=C/c2ccc(C#N)cc2F)OC1)[C@@](Cn1cncn1)(OC(=O)c1cocc1COP(=O)([O-])[O-])c1ccc(F)cc1F.[Na+].[Na+]. The maximum atomic E-state index is 15.7. The molecule has 53 heavy (non-hydrogen) atoms. The Bertz CT molecular complexity index is 1990. The molecule has 1 aliphatic rings. The number of benzene rings is 2. The van der Waals surface area contributed by atoms with Crippen LogP contribution in [0.25, 0.3) is 6.08 Å². The van der Waals surface area contributed by atoms with Crippen LogP contribution in [0.3, 0.4) is 0 Å². The Hall–Kier alpha value is -2.53. The van der Waals surface area contributed by atoms with Gasteiger partial charge in [-0.25, -0.2) is 27.6 Å². The quantitative estimate of drug-likeness (QED) is 0.0617. The number of esters is 1. The van der Waals surface area contributed by atoms with Crippen LogP contribution < -0.4 is 68.9 Å². The average Bonchev–Trinajstić information content (AvgIpc) is 3.79. The first-order valence-electron chi connectivity index (χ1n) is 15.0. The monoisotopic (exact) mass is 790 g/mol. The van der Waals surface area contributed by atoms with E-state index in [1.165, 1.54) is 47.3 Å². The van der Waals surface area contributed by atoms with Crippen LogP contribution in [0.4, 0.5) is 13.2 Å². The van der Waals surface area contributed by atoms with Crippen molar-refractivity contribution in [3.8, 4) is 6.07 Å². The summed E-state index contributed by atoms with van der Waals surface area (Å²) in [5.74, 6) is -3.55. The molecule has 2 aromatic heterocycles. The van der Waals surface area contributed by atoms with E-state index >= 15 is 4.39 Å². The molecule has 0 N–H and O–H groups in total. The fourth-order valence-electron chi connectivity index (χ4n) is 5.11. The molecule has 0 bridgehead atoms. The number of ether oxygens (including phenoxy) is 3. The Morgan fingerprint density at radius 2 is 1.91 bits per heavy atom. The molecule has 0 unspecified atom stereocenters. The summed E-state index contributed by atoms with van der Waals surface area (Å²) in [5.41, 5.74) is -2.07. The third-order valence-electron chi connectivity index (χ3n) is 7.60. The third-order valence-corrected chi connectivity index (χ3v) is 9.49. The second kappa shape index (κ2) is 20.4.